The lowest BCUT2D eigenvalue weighted by Gasteiger charge is -2.16. The minimum absolute atomic E-state index is 1.07. The summed E-state index contributed by atoms with van der Waals surface area (Å²) in [6, 6.07) is 46.7. The molecule has 5 rings (SSSR count). The Balaban J connectivity index is 1.58. The first kappa shape index (κ1) is 18.9. The lowest BCUT2D eigenvalue weighted by molar-refractivity contribution is 1.52. The van der Waals surface area contributed by atoms with Crippen molar-refractivity contribution in [2.75, 3.05) is 5.32 Å². The van der Waals surface area contributed by atoms with Gasteiger partial charge in [-0.2, -0.15) is 0 Å². The summed E-state index contributed by atoms with van der Waals surface area (Å²) in [7, 11) is 0. The quantitative estimate of drug-likeness (QED) is 0.314. The Labute approximate surface area is 183 Å². The molecule has 0 spiro atoms. The van der Waals surface area contributed by atoms with Crippen molar-refractivity contribution >= 4 is 11.4 Å². The molecule has 0 heterocycles. The molecule has 0 amide bonds. The molecule has 0 aliphatic heterocycles. The third-order valence-electron chi connectivity index (χ3n) is 5.48. The van der Waals surface area contributed by atoms with Crippen LogP contribution < -0.4 is 5.32 Å². The van der Waals surface area contributed by atoms with Gasteiger partial charge < -0.3 is 5.32 Å². The minimum Gasteiger partial charge on any atom is -0.355 e. The number of rotatable bonds is 5. The van der Waals surface area contributed by atoms with E-state index in [-0.39, 0.29) is 0 Å². The van der Waals surface area contributed by atoms with Gasteiger partial charge in [-0.05, 0) is 46.0 Å². The van der Waals surface area contributed by atoms with Crippen LogP contribution in [0.2, 0.25) is 0 Å². The maximum absolute atomic E-state index is 3.66. The second-order valence-electron chi connectivity index (χ2n) is 7.53. The number of anilines is 2. The fraction of sp³-hybridized carbons (Fsp3) is 0. The van der Waals surface area contributed by atoms with Gasteiger partial charge in [-0.1, -0.05) is 115 Å². The smallest absolute Gasteiger partial charge is 0.0463 e. The van der Waals surface area contributed by atoms with Crippen LogP contribution in [-0.2, 0) is 0 Å². The summed E-state index contributed by atoms with van der Waals surface area (Å²) in [6.45, 7) is 0. The zero-order valence-corrected chi connectivity index (χ0v) is 17.2. The predicted octanol–water partition coefficient (Wildman–Crippen LogP) is 8.43. The summed E-state index contributed by atoms with van der Waals surface area (Å²) >= 11 is 0. The van der Waals surface area contributed by atoms with Gasteiger partial charge in [-0.3, -0.25) is 0 Å². The molecule has 0 aromatic heterocycles. The van der Waals surface area contributed by atoms with Crippen molar-refractivity contribution in [3.8, 4) is 33.4 Å². The molecule has 0 atom stereocenters. The highest BCUT2D eigenvalue weighted by molar-refractivity contribution is 5.88. The van der Waals surface area contributed by atoms with Crippen LogP contribution in [0.3, 0.4) is 0 Å². The highest BCUT2D eigenvalue weighted by Gasteiger charge is 2.10. The van der Waals surface area contributed by atoms with Crippen LogP contribution in [0.4, 0.5) is 11.4 Å². The molecular weight excluding hydrogens is 374 g/mol. The minimum atomic E-state index is 1.07. The van der Waals surface area contributed by atoms with E-state index in [2.05, 4.69) is 133 Å². The van der Waals surface area contributed by atoms with Crippen molar-refractivity contribution in [2.45, 2.75) is 0 Å². The van der Waals surface area contributed by atoms with Crippen molar-refractivity contribution < 1.29 is 0 Å². The maximum Gasteiger partial charge on any atom is 0.0463 e. The largest absolute Gasteiger partial charge is 0.355 e. The van der Waals surface area contributed by atoms with Gasteiger partial charge >= 0.3 is 0 Å². The van der Waals surface area contributed by atoms with E-state index in [9.17, 15) is 0 Å². The first-order valence-electron chi connectivity index (χ1n) is 10.5. The van der Waals surface area contributed by atoms with Crippen LogP contribution in [0.1, 0.15) is 0 Å². The van der Waals surface area contributed by atoms with Gasteiger partial charge in [0.05, 0.1) is 0 Å². The first-order chi connectivity index (χ1) is 15.4. The van der Waals surface area contributed by atoms with Crippen molar-refractivity contribution in [3.63, 3.8) is 0 Å². The van der Waals surface area contributed by atoms with E-state index in [1.165, 1.54) is 33.4 Å². The Morgan fingerprint density at radius 2 is 0.839 bits per heavy atom. The number of para-hydroxylation sites is 1. The monoisotopic (exact) mass is 397 g/mol. The molecule has 5 aromatic carbocycles. The molecule has 5 aromatic rings. The van der Waals surface area contributed by atoms with Crippen molar-refractivity contribution in [3.05, 3.63) is 133 Å². The van der Waals surface area contributed by atoms with Gasteiger partial charge in [0.15, 0.2) is 0 Å². The Hall–Kier alpha value is -4.10. The molecule has 31 heavy (non-hydrogen) atoms. The Kier molecular flexibility index (Phi) is 5.32. The summed E-state index contributed by atoms with van der Waals surface area (Å²) in [4.78, 5) is 0. The van der Waals surface area contributed by atoms with E-state index in [1.807, 2.05) is 6.07 Å². The maximum atomic E-state index is 3.66. The normalized spacial score (nSPS) is 10.6. The number of benzene rings is 5. The fourth-order valence-electron chi connectivity index (χ4n) is 3.97. The molecule has 1 heteroatoms. The molecular formula is C30H23N. The summed E-state index contributed by atoms with van der Waals surface area (Å²) in [6.07, 6.45) is 0. The zero-order valence-electron chi connectivity index (χ0n) is 17.2. The number of hydrogen-bond acceptors (Lipinski definition) is 1. The van der Waals surface area contributed by atoms with Gasteiger partial charge in [-0.25, -0.2) is 0 Å². The lowest BCUT2D eigenvalue weighted by atomic mass is 9.94. The fourth-order valence-corrected chi connectivity index (χ4v) is 3.97. The average molecular weight is 398 g/mol. The van der Waals surface area contributed by atoms with Crippen LogP contribution in [-0.4, -0.2) is 0 Å². The van der Waals surface area contributed by atoms with E-state index in [1.54, 1.807) is 0 Å². The topological polar surface area (TPSA) is 12.0 Å². The van der Waals surface area contributed by atoms with Crippen LogP contribution in [0.5, 0.6) is 0 Å². The van der Waals surface area contributed by atoms with Gasteiger partial charge in [0.2, 0.25) is 0 Å². The highest BCUT2D eigenvalue weighted by atomic mass is 14.9. The standard InChI is InChI=1S/C30H23N/c1-4-12-23(13-5-1)27-21-20-26(22-29(27)25-16-8-3-9-17-25)31-30-19-11-10-18-28(30)24-14-6-2-7-15-24/h1-22,31H. The molecule has 0 unspecified atom stereocenters. The van der Waals surface area contributed by atoms with E-state index in [0.29, 0.717) is 0 Å². The van der Waals surface area contributed by atoms with Crippen molar-refractivity contribution in [2.24, 2.45) is 0 Å². The summed E-state index contributed by atoms with van der Waals surface area (Å²) < 4.78 is 0. The highest BCUT2D eigenvalue weighted by Crippen LogP contribution is 2.36. The molecule has 0 aliphatic rings. The molecule has 148 valence electrons. The van der Waals surface area contributed by atoms with Gasteiger partial charge in [0.25, 0.3) is 0 Å². The lowest BCUT2D eigenvalue weighted by Crippen LogP contribution is -1.95. The van der Waals surface area contributed by atoms with Crippen LogP contribution in [0.15, 0.2) is 133 Å². The molecule has 0 saturated carbocycles. The van der Waals surface area contributed by atoms with Crippen LogP contribution in [0.25, 0.3) is 33.4 Å². The Morgan fingerprint density at radius 3 is 1.45 bits per heavy atom. The molecule has 0 aliphatic carbocycles. The van der Waals surface area contributed by atoms with E-state index in [4.69, 9.17) is 0 Å². The van der Waals surface area contributed by atoms with Crippen LogP contribution >= 0.6 is 0 Å². The van der Waals surface area contributed by atoms with Gasteiger partial charge in [-0.15, -0.1) is 0 Å². The second kappa shape index (κ2) is 8.73. The molecule has 0 bridgehead atoms. The Morgan fingerprint density at radius 1 is 0.355 bits per heavy atom. The average Bonchev–Trinajstić information content (AvgIpc) is 2.86. The van der Waals surface area contributed by atoms with Gasteiger partial charge in [0.1, 0.15) is 0 Å². The molecule has 0 fully saturated rings. The molecule has 0 radical (unpaired) electrons. The van der Waals surface area contributed by atoms with E-state index in [0.717, 1.165) is 11.4 Å². The first-order valence-corrected chi connectivity index (χ1v) is 10.5. The molecule has 1 nitrogen and oxygen atoms in total. The Bertz CT molecular complexity index is 1280. The third kappa shape index (κ3) is 4.12. The molecule has 0 saturated heterocycles. The third-order valence-corrected chi connectivity index (χ3v) is 5.48. The zero-order chi connectivity index (χ0) is 20.9. The summed E-state index contributed by atoms with van der Waals surface area (Å²) in [5.41, 5.74) is 9.44. The molecule has 1 N–H and O–H groups in total. The number of nitrogens with one attached hydrogen (secondary N) is 1. The second-order valence-corrected chi connectivity index (χ2v) is 7.53. The van der Waals surface area contributed by atoms with Crippen LogP contribution in [0, 0.1) is 0 Å². The predicted molar refractivity (Wildman–Crippen MR) is 132 cm³/mol. The summed E-state index contributed by atoms with van der Waals surface area (Å²) in [5, 5.41) is 3.66. The van der Waals surface area contributed by atoms with E-state index >= 15 is 0 Å². The summed E-state index contributed by atoms with van der Waals surface area (Å²) in [5.74, 6) is 0. The number of hydrogen-bond donors (Lipinski definition) is 1. The SMILES string of the molecule is c1ccc(-c2ccccc2Nc2ccc(-c3ccccc3)c(-c3ccccc3)c2)cc1. The van der Waals surface area contributed by atoms with Gasteiger partial charge in [0, 0.05) is 16.9 Å². The van der Waals surface area contributed by atoms with Crippen molar-refractivity contribution in [1.82, 2.24) is 0 Å². The van der Waals surface area contributed by atoms with Crippen molar-refractivity contribution in [1.29, 1.82) is 0 Å². The van der Waals surface area contributed by atoms with E-state index < -0.39 is 0 Å².